The largest absolute Gasteiger partial charge is 0.398 e. The maximum atomic E-state index is 6.21. The number of rotatable bonds is 8. The van der Waals surface area contributed by atoms with E-state index in [1.165, 1.54) is 0 Å². The number of hydrogen-bond donors (Lipinski definition) is 4. The van der Waals surface area contributed by atoms with Crippen LogP contribution in [0.5, 0.6) is 0 Å². The smallest absolute Gasteiger partial charge is 0.116 e. The average Bonchev–Trinajstić information content (AvgIpc) is 3.00. The van der Waals surface area contributed by atoms with Gasteiger partial charge in [0.05, 0.1) is 11.4 Å². The molecule has 0 aliphatic carbocycles. The second-order valence-electron chi connectivity index (χ2n) is 9.35. The first-order valence-electron chi connectivity index (χ1n) is 13.2. The molecule has 0 atom stereocenters. The van der Waals surface area contributed by atoms with Crippen LogP contribution >= 0.6 is 0 Å². The normalized spacial score (nSPS) is 11.8. The molecule has 0 heterocycles. The van der Waals surface area contributed by atoms with Crippen LogP contribution in [0.4, 0.5) is 45.5 Å². The third kappa shape index (κ3) is 6.57. The van der Waals surface area contributed by atoms with Crippen LogP contribution in [0.2, 0.25) is 0 Å². The van der Waals surface area contributed by atoms with Crippen LogP contribution in [0, 0.1) is 0 Å². The quantitative estimate of drug-likeness (QED) is 0.121. The Balaban J connectivity index is 1.70. The summed E-state index contributed by atoms with van der Waals surface area (Å²) in [7, 11) is 0. The van der Waals surface area contributed by atoms with Crippen LogP contribution in [-0.2, 0) is 0 Å². The second-order valence-corrected chi connectivity index (χ2v) is 9.35. The molecule has 0 radical (unpaired) electrons. The molecular formula is C34H30N8. The summed E-state index contributed by atoms with van der Waals surface area (Å²) < 4.78 is 0. The van der Waals surface area contributed by atoms with Crippen LogP contribution in [-0.4, -0.2) is 24.9 Å². The predicted octanol–water partition coefficient (Wildman–Crippen LogP) is 7.02. The number of benzene rings is 5. The molecule has 0 saturated carbocycles. The van der Waals surface area contributed by atoms with Gasteiger partial charge in [-0.05, 0) is 36.4 Å². The van der Waals surface area contributed by atoms with Gasteiger partial charge in [0.15, 0.2) is 0 Å². The topological polar surface area (TPSA) is 154 Å². The molecule has 206 valence electrons. The highest BCUT2D eigenvalue weighted by atomic mass is 14.9. The standard InChI is InChI=1S/C34H30N8/c35-27-13-5-1-9-23(27)19-39-31-17-18-32(40-20-24-10-2-6-14-28(24)36)34(42-22-26-12-4-8-16-30(26)38)33(31)41-21-25-11-3-7-15-29(25)37/h1-22H,35-38H2. The van der Waals surface area contributed by atoms with E-state index in [2.05, 4.69) is 0 Å². The van der Waals surface area contributed by atoms with Crippen molar-refractivity contribution in [2.24, 2.45) is 20.0 Å². The fourth-order valence-electron chi connectivity index (χ4n) is 4.08. The van der Waals surface area contributed by atoms with E-state index in [0.717, 1.165) is 22.3 Å². The van der Waals surface area contributed by atoms with Crippen molar-refractivity contribution >= 4 is 70.4 Å². The van der Waals surface area contributed by atoms with E-state index < -0.39 is 0 Å². The lowest BCUT2D eigenvalue weighted by atomic mass is 10.1. The summed E-state index contributed by atoms with van der Waals surface area (Å²) in [6.45, 7) is 0. The lowest BCUT2D eigenvalue weighted by Gasteiger charge is -2.10. The van der Waals surface area contributed by atoms with Gasteiger partial charge < -0.3 is 22.9 Å². The van der Waals surface area contributed by atoms with Crippen LogP contribution in [0.25, 0.3) is 0 Å². The van der Waals surface area contributed by atoms with Crippen molar-refractivity contribution in [2.45, 2.75) is 0 Å². The Bertz CT molecular complexity index is 1700. The van der Waals surface area contributed by atoms with Gasteiger partial charge in [-0.15, -0.1) is 0 Å². The Hall–Kier alpha value is -6.02. The molecule has 0 aliphatic rings. The number of para-hydroxylation sites is 4. The van der Waals surface area contributed by atoms with Crippen molar-refractivity contribution in [2.75, 3.05) is 22.9 Å². The zero-order valence-electron chi connectivity index (χ0n) is 22.8. The monoisotopic (exact) mass is 550 g/mol. The minimum absolute atomic E-state index is 0.491. The summed E-state index contributed by atoms with van der Waals surface area (Å²) in [5.74, 6) is 0. The summed E-state index contributed by atoms with van der Waals surface area (Å²) in [5.41, 5.74) is 32.3. The van der Waals surface area contributed by atoms with E-state index in [1.54, 1.807) is 24.9 Å². The van der Waals surface area contributed by atoms with Crippen LogP contribution in [0.1, 0.15) is 22.3 Å². The first-order valence-corrected chi connectivity index (χ1v) is 13.2. The van der Waals surface area contributed by atoms with E-state index in [9.17, 15) is 0 Å². The SMILES string of the molecule is Nc1ccccc1C=Nc1ccc(N=Cc2ccccc2N)c(N=Cc2ccccc2N)c1N=Cc1ccccc1N. The van der Waals surface area contributed by atoms with Crippen LogP contribution in [0.3, 0.4) is 0 Å². The zero-order chi connectivity index (χ0) is 29.3. The zero-order valence-corrected chi connectivity index (χ0v) is 22.8. The molecule has 8 N–H and O–H groups in total. The van der Waals surface area contributed by atoms with Crippen LogP contribution < -0.4 is 22.9 Å². The highest BCUT2D eigenvalue weighted by Crippen LogP contribution is 2.45. The molecule has 0 aromatic heterocycles. The van der Waals surface area contributed by atoms with E-state index in [-0.39, 0.29) is 0 Å². The van der Waals surface area contributed by atoms with Crippen molar-refractivity contribution < 1.29 is 0 Å². The maximum Gasteiger partial charge on any atom is 0.116 e. The minimum Gasteiger partial charge on any atom is -0.398 e. The van der Waals surface area contributed by atoms with Gasteiger partial charge in [-0.25, -0.2) is 0 Å². The molecule has 8 heteroatoms. The Labute approximate surface area is 244 Å². The summed E-state index contributed by atoms with van der Waals surface area (Å²) in [6, 6.07) is 33.6. The van der Waals surface area contributed by atoms with Crippen molar-refractivity contribution in [3.8, 4) is 0 Å². The molecule has 0 fully saturated rings. The van der Waals surface area contributed by atoms with Crippen LogP contribution in [0.15, 0.2) is 129 Å². The molecule has 5 aromatic rings. The van der Waals surface area contributed by atoms with Gasteiger partial charge in [-0.3, -0.25) is 20.0 Å². The number of nitrogens with zero attached hydrogens (tertiary/aromatic N) is 4. The second kappa shape index (κ2) is 12.9. The number of nitrogen functional groups attached to an aromatic ring is 4. The molecule has 0 spiro atoms. The van der Waals surface area contributed by atoms with Gasteiger partial charge in [-0.1, -0.05) is 72.8 Å². The van der Waals surface area contributed by atoms with Gasteiger partial charge in [-0.2, -0.15) is 0 Å². The third-order valence-electron chi connectivity index (χ3n) is 6.44. The van der Waals surface area contributed by atoms with E-state index in [4.69, 9.17) is 42.9 Å². The number of nitrogens with two attached hydrogens (primary N) is 4. The molecule has 0 bridgehead atoms. The molecule has 5 aromatic carbocycles. The lowest BCUT2D eigenvalue weighted by Crippen LogP contribution is -1.93. The Kier molecular flexibility index (Phi) is 8.45. The van der Waals surface area contributed by atoms with E-state index in [1.807, 2.05) is 109 Å². The molecular weight excluding hydrogens is 520 g/mol. The van der Waals surface area contributed by atoms with Crippen molar-refractivity contribution in [3.63, 3.8) is 0 Å². The summed E-state index contributed by atoms with van der Waals surface area (Å²) in [4.78, 5) is 19.2. The van der Waals surface area contributed by atoms with Gasteiger partial charge in [0.25, 0.3) is 0 Å². The molecule has 42 heavy (non-hydrogen) atoms. The Morgan fingerprint density at radius 2 is 0.595 bits per heavy atom. The van der Waals surface area contributed by atoms with Gasteiger partial charge in [0.2, 0.25) is 0 Å². The highest BCUT2D eigenvalue weighted by molar-refractivity contribution is 5.99. The predicted molar refractivity (Wildman–Crippen MR) is 179 cm³/mol. The van der Waals surface area contributed by atoms with Gasteiger partial charge in [0.1, 0.15) is 11.4 Å². The minimum atomic E-state index is 0.491. The number of anilines is 4. The molecule has 0 amide bonds. The van der Waals surface area contributed by atoms with E-state index >= 15 is 0 Å². The van der Waals surface area contributed by atoms with Gasteiger partial charge >= 0.3 is 0 Å². The first kappa shape index (κ1) is 27.5. The summed E-state index contributed by atoms with van der Waals surface area (Å²) >= 11 is 0. The van der Waals surface area contributed by atoms with E-state index in [0.29, 0.717) is 45.5 Å². The molecule has 5 rings (SSSR count). The highest BCUT2D eigenvalue weighted by Gasteiger charge is 2.13. The fraction of sp³-hybridized carbons (Fsp3) is 0. The summed E-state index contributed by atoms with van der Waals surface area (Å²) in [6.07, 6.45) is 6.80. The molecule has 0 aliphatic heterocycles. The maximum absolute atomic E-state index is 6.21. The Morgan fingerprint density at radius 3 is 0.881 bits per heavy atom. The number of aliphatic imine (C=N–C) groups is 4. The molecule has 8 nitrogen and oxygen atoms in total. The van der Waals surface area contributed by atoms with Gasteiger partial charge in [0, 0.05) is 69.9 Å². The Morgan fingerprint density at radius 1 is 0.333 bits per heavy atom. The lowest BCUT2D eigenvalue weighted by molar-refractivity contribution is 1.39. The van der Waals surface area contributed by atoms with Crippen molar-refractivity contribution in [1.82, 2.24) is 0 Å². The first-order chi connectivity index (χ1) is 20.5. The molecule has 0 saturated heterocycles. The average molecular weight is 551 g/mol. The molecule has 0 unspecified atom stereocenters. The van der Waals surface area contributed by atoms with Crippen molar-refractivity contribution in [1.29, 1.82) is 0 Å². The summed E-state index contributed by atoms with van der Waals surface area (Å²) in [5, 5.41) is 0. The number of hydrogen-bond acceptors (Lipinski definition) is 8. The third-order valence-corrected chi connectivity index (χ3v) is 6.44. The van der Waals surface area contributed by atoms with Crippen molar-refractivity contribution in [3.05, 3.63) is 131 Å². The fourth-order valence-corrected chi connectivity index (χ4v) is 4.08.